The molecule has 0 fully saturated rings. The first kappa shape index (κ1) is 18.5. The van der Waals surface area contributed by atoms with Crippen molar-refractivity contribution in [1.29, 1.82) is 0 Å². The van der Waals surface area contributed by atoms with Crippen molar-refractivity contribution in [3.8, 4) is 5.75 Å². The van der Waals surface area contributed by atoms with Gasteiger partial charge in [-0.05, 0) is 48.6 Å². The molecule has 1 atom stereocenters. The van der Waals surface area contributed by atoms with Gasteiger partial charge in [0.05, 0.1) is 6.04 Å². The number of nitrogens with one attached hydrogen (secondary N) is 1. The van der Waals surface area contributed by atoms with Crippen LogP contribution in [0.4, 0.5) is 0 Å². The van der Waals surface area contributed by atoms with E-state index in [1.807, 2.05) is 50.2 Å². The van der Waals surface area contributed by atoms with Gasteiger partial charge in [0.2, 0.25) is 0 Å². The monoisotopic (exact) mass is 389 g/mol. The summed E-state index contributed by atoms with van der Waals surface area (Å²) in [6.07, 6.45) is 0. The SMILES string of the molecule is Cc1cc(OCC(=O)N[C@@H](C)c2ccccc2)c(C(C)C)cc1Br. The van der Waals surface area contributed by atoms with Crippen molar-refractivity contribution < 1.29 is 9.53 Å². The first-order valence-corrected chi connectivity index (χ1v) is 8.95. The van der Waals surface area contributed by atoms with Crippen LogP contribution in [0, 0.1) is 6.92 Å². The summed E-state index contributed by atoms with van der Waals surface area (Å²) in [5.74, 6) is 0.970. The van der Waals surface area contributed by atoms with E-state index in [-0.39, 0.29) is 18.6 Å². The van der Waals surface area contributed by atoms with Gasteiger partial charge in [0.15, 0.2) is 6.61 Å². The normalized spacial score (nSPS) is 12.1. The van der Waals surface area contributed by atoms with Crippen LogP contribution in [0.1, 0.15) is 49.4 Å². The predicted octanol–water partition coefficient (Wildman–Crippen LogP) is 5.14. The molecule has 0 aliphatic rings. The summed E-state index contributed by atoms with van der Waals surface area (Å²) < 4.78 is 6.86. The summed E-state index contributed by atoms with van der Waals surface area (Å²) in [5, 5.41) is 2.97. The van der Waals surface area contributed by atoms with Crippen LogP contribution in [0.2, 0.25) is 0 Å². The topological polar surface area (TPSA) is 38.3 Å². The summed E-state index contributed by atoms with van der Waals surface area (Å²) in [7, 11) is 0. The zero-order valence-electron chi connectivity index (χ0n) is 14.6. The van der Waals surface area contributed by atoms with Crippen LogP contribution in [0.5, 0.6) is 5.75 Å². The highest BCUT2D eigenvalue weighted by atomic mass is 79.9. The molecule has 0 bridgehead atoms. The van der Waals surface area contributed by atoms with E-state index in [1.165, 1.54) is 0 Å². The zero-order chi connectivity index (χ0) is 17.7. The van der Waals surface area contributed by atoms with Gasteiger partial charge in [-0.15, -0.1) is 0 Å². The molecule has 0 saturated heterocycles. The number of carbonyl (C=O) groups is 1. The Morgan fingerprint density at radius 2 is 1.83 bits per heavy atom. The van der Waals surface area contributed by atoms with E-state index >= 15 is 0 Å². The minimum absolute atomic E-state index is 0.0119. The molecule has 4 heteroatoms. The number of aryl methyl sites for hydroxylation is 1. The van der Waals surface area contributed by atoms with Crippen molar-refractivity contribution in [3.05, 3.63) is 63.6 Å². The molecule has 0 aromatic heterocycles. The Kier molecular flexibility index (Phi) is 6.44. The summed E-state index contributed by atoms with van der Waals surface area (Å²) in [5.41, 5.74) is 3.26. The second-order valence-corrected chi connectivity index (χ2v) is 7.14. The lowest BCUT2D eigenvalue weighted by Gasteiger charge is -2.18. The minimum Gasteiger partial charge on any atom is -0.483 e. The molecule has 3 nitrogen and oxygen atoms in total. The van der Waals surface area contributed by atoms with Crippen LogP contribution < -0.4 is 10.1 Å². The third kappa shape index (κ3) is 4.84. The molecule has 1 N–H and O–H groups in total. The Morgan fingerprint density at radius 1 is 1.17 bits per heavy atom. The highest BCUT2D eigenvalue weighted by Gasteiger charge is 2.14. The Labute approximate surface area is 152 Å². The molecule has 2 aromatic carbocycles. The number of carbonyl (C=O) groups excluding carboxylic acids is 1. The third-order valence-electron chi connectivity index (χ3n) is 3.95. The molecular formula is C20H24BrNO2. The molecule has 2 aromatic rings. The van der Waals surface area contributed by atoms with Crippen molar-refractivity contribution in [2.45, 2.75) is 39.7 Å². The van der Waals surface area contributed by atoms with Gasteiger partial charge >= 0.3 is 0 Å². The van der Waals surface area contributed by atoms with Crippen LogP contribution in [-0.4, -0.2) is 12.5 Å². The molecule has 24 heavy (non-hydrogen) atoms. The smallest absolute Gasteiger partial charge is 0.258 e. The van der Waals surface area contributed by atoms with E-state index in [0.29, 0.717) is 5.92 Å². The first-order valence-electron chi connectivity index (χ1n) is 8.15. The summed E-state index contributed by atoms with van der Waals surface area (Å²) >= 11 is 3.55. The fraction of sp³-hybridized carbons (Fsp3) is 0.350. The maximum atomic E-state index is 12.2. The van der Waals surface area contributed by atoms with Gasteiger partial charge in [0.1, 0.15) is 5.75 Å². The van der Waals surface area contributed by atoms with Gasteiger partial charge in [-0.3, -0.25) is 4.79 Å². The fourth-order valence-electron chi connectivity index (χ4n) is 2.50. The van der Waals surface area contributed by atoms with Crippen molar-refractivity contribution in [2.24, 2.45) is 0 Å². The van der Waals surface area contributed by atoms with Gasteiger partial charge in [-0.25, -0.2) is 0 Å². The second kappa shape index (κ2) is 8.34. The number of rotatable bonds is 6. The maximum Gasteiger partial charge on any atom is 0.258 e. The second-order valence-electron chi connectivity index (χ2n) is 6.28. The van der Waals surface area contributed by atoms with Crippen LogP contribution in [0.15, 0.2) is 46.9 Å². The third-order valence-corrected chi connectivity index (χ3v) is 4.80. The quantitative estimate of drug-likeness (QED) is 0.742. The van der Waals surface area contributed by atoms with Crippen LogP contribution >= 0.6 is 15.9 Å². The number of hydrogen-bond donors (Lipinski definition) is 1. The predicted molar refractivity (Wildman–Crippen MR) is 101 cm³/mol. The Morgan fingerprint density at radius 3 is 2.46 bits per heavy atom. The van der Waals surface area contributed by atoms with Gasteiger partial charge in [-0.2, -0.15) is 0 Å². The molecule has 0 unspecified atom stereocenters. The van der Waals surface area contributed by atoms with E-state index in [0.717, 1.165) is 26.9 Å². The number of benzene rings is 2. The Bertz CT molecular complexity index is 698. The van der Waals surface area contributed by atoms with Crippen LogP contribution in [0.3, 0.4) is 0 Å². The van der Waals surface area contributed by atoms with Gasteiger partial charge in [-0.1, -0.05) is 60.1 Å². The molecule has 0 spiro atoms. The standard InChI is InChI=1S/C20H24BrNO2/c1-13(2)17-11-18(21)14(3)10-19(17)24-12-20(23)22-15(4)16-8-6-5-7-9-16/h5-11,13,15H,12H2,1-4H3,(H,22,23)/t15-/m0/s1. The number of halogens is 1. The lowest BCUT2D eigenvalue weighted by molar-refractivity contribution is -0.123. The average molecular weight is 390 g/mol. The first-order chi connectivity index (χ1) is 11.4. The highest BCUT2D eigenvalue weighted by Crippen LogP contribution is 2.32. The van der Waals surface area contributed by atoms with Crippen molar-refractivity contribution in [2.75, 3.05) is 6.61 Å². The maximum absolute atomic E-state index is 12.2. The van der Waals surface area contributed by atoms with Crippen LogP contribution in [-0.2, 0) is 4.79 Å². The minimum atomic E-state index is -0.123. The molecule has 128 valence electrons. The van der Waals surface area contributed by atoms with E-state index in [2.05, 4.69) is 41.2 Å². The molecule has 0 radical (unpaired) electrons. The fourth-order valence-corrected chi connectivity index (χ4v) is 2.86. The lowest BCUT2D eigenvalue weighted by atomic mass is 10.0. The van der Waals surface area contributed by atoms with E-state index in [9.17, 15) is 4.79 Å². The summed E-state index contributed by atoms with van der Waals surface area (Å²) in [6.45, 7) is 8.22. The lowest BCUT2D eigenvalue weighted by Crippen LogP contribution is -2.31. The molecule has 1 amide bonds. The zero-order valence-corrected chi connectivity index (χ0v) is 16.2. The number of amides is 1. The summed E-state index contributed by atoms with van der Waals surface area (Å²) in [6, 6.07) is 13.9. The Balaban J connectivity index is 2.00. The number of hydrogen-bond acceptors (Lipinski definition) is 2. The molecule has 0 saturated carbocycles. The molecular weight excluding hydrogens is 366 g/mol. The van der Waals surface area contributed by atoms with Gasteiger partial charge in [0, 0.05) is 4.47 Å². The van der Waals surface area contributed by atoms with Crippen molar-refractivity contribution in [1.82, 2.24) is 5.32 Å². The van der Waals surface area contributed by atoms with E-state index in [1.54, 1.807) is 0 Å². The van der Waals surface area contributed by atoms with Crippen molar-refractivity contribution in [3.63, 3.8) is 0 Å². The summed E-state index contributed by atoms with van der Waals surface area (Å²) in [4.78, 5) is 12.2. The van der Waals surface area contributed by atoms with E-state index in [4.69, 9.17) is 4.74 Å². The molecule has 2 rings (SSSR count). The average Bonchev–Trinajstić information content (AvgIpc) is 2.56. The largest absolute Gasteiger partial charge is 0.483 e. The van der Waals surface area contributed by atoms with E-state index < -0.39 is 0 Å². The van der Waals surface area contributed by atoms with Gasteiger partial charge in [0.25, 0.3) is 5.91 Å². The molecule has 0 aliphatic carbocycles. The molecule has 0 aliphatic heterocycles. The number of ether oxygens (including phenoxy) is 1. The Hall–Kier alpha value is -1.81. The van der Waals surface area contributed by atoms with Crippen LogP contribution in [0.25, 0.3) is 0 Å². The highest BCUT2D eigenvalue weighted by molar-refractivity contribution is 9.10. The molecule has 0 heterocycles. The van der Waals surface area contributed by atoms with Crippen molar-refractivity contribution >= 4 is 21.8 Å². The van der Waals surface area contributed by atoms with Gasteiger partial charge < -0.3 is 10.1 Å².